The second-order valence-corrected chi connectivity index (χ2v) is 7.09. The molecule has 2 fully saturated rings. The lowest BCUT2D eigenvalue weighted by molar-refractivity contribution is -0.236. The Morgan fingerprint density at radius 2 is 1.56 bits per heavy atom. The fraction of sp³-hybridized carbons (Fsp3) is 1.00. The molecule has 2 aliphatic rings. The monoisotopic (exact) mass is 377 g/mol. The molecule has 0 spiro atoms. The van der Waals surface area contributed by atoms with Gasteiger partial charge < -0.3 is 43.1 Å². The van der Waals surface area contributed by atoms with Gasteiger partial charge in [0.05, 0.1) is 13.2 Å². The quantitative estimate of drug-likeness (QED) is 0.333. The van der Waals surface area contributed by atoms with Crippen LogP contribution in [-0.2, 0) is 32.6 Å². The first kappa shape index (κ1) is 21.3. The highest BCUT2D eigenvalue weighted by molar-refractivity contribution is 7.45. The number of aliphatic hydroxyl groups excluding tert-OH is 2. The van der Waals surface area contributed by atoms with Crippen LogP contribution in [0.5, 0.6) is 0 Å². The highest BCUT2D eigenvalue weighted by Gasteiger charge is 2.45. The molecule has 4 radical (unpaired) electrons. The molecule has 0 aromatic heterocycles. The van der Waals surface area contributed by atoms with Gasteiger partial charge >= 0.3 is 0 Å². The van der Waals surface area contributed by atoms with Gasteiger partial charge in [-0.25, -0.2) is 0 Å². The topological polar surface area (TPSA) is 136 Å². The van der Waals surface area contributed by atoms with Gasteiger partial charge in [0.2, 0.25) is 0 Å². The SMILES string of the molecule is [B][C@@H]1O[C@H](COP(=O)([O-])OC2[C@@H](COC)O[C@@H]([B])[C@H]2O)C(OC)[C@@H]1O. The molecule has 3 unspecified atom stereocenters. The lowest BCUT2D eigenvalue weighted by Gasteiger charge is -2.30. The van der Waals surface area contributed by atoms with Gasteiger partial charge in [0.25, 0.3) is 7.82 Å². The number of hydrogen-bond acceptors (Lipinski definition) is 10. The molecule has 0 saturated carbocycles. The summed E-state index contributed by atoms with van der Waals surface area (Å²) < 4.78 is 42.0. The molecule has 0 bridgehead atoms. The summed E-state index contributed by atoms with van der Waals surface area (Å²) in [5.41, 5.74) is 0. The van der Waals surface area contributed by atoms with Gasteiger partial charge in [-0.15, -0.1) is 0 Å². The minimum absolute atomic E-state index is 0.0338. The first-order chi connectivity index (χ1) is 11.7. The van der Waals surface area contributed by atoms with Crippen molar-refractivity contribution in [3.63, 3.8) is 0 Å². The van der Waals surface area contributed by atoms with E-state index >= 15 is 0 Å². The Balaban J connectivity index is 1.94. The molecule has 9 atom stereocenters. The fourth-order valence-corrected chi connectivity index (χ4v) is 3.68. The average molecular weight is 377 g/mol. The Morgan fingerprint density at radius 1 is 1.04 bits per heavy atom. The van der Waals surface area contributed by atoms with Crippen LogP contribution in [0.15, 0.2) is 0 Å². The third-order valence-electron chi connectivity index (χ3n) is 3.99. The molecule has 0 amide bonds. The van der Waals surface area contributed by atoms with Crippen LogP contribution in [0.1, 0.15) is 0 Å². The standard InChI is InChI=1S/C12H21B2O10P/c1-19-3-5-10(8(16)12(14)22-5)24-25(17,18)21-4-6-9(20-2)7(15)11(13)23-6/h5-12,15-16H,3-4H2,1-2H3,(H,17,18)/p-1/t5-,6-,7+,8+,9?,10?,11-,12-/m1/s1. The Hall–Kier alpha value is -0.000130. The lowest BCUT2D eigenvalue weighted by Crippen LogP contribution is -2.39. The van der Waals surface area contributed by atoms with Gasteiger partial charge in [-0.1, -0.05) is 0 Å². The molecule has 10 nitrogen and oxygen atoms in total. The van der Waals surface area contributed by atoms with Gasteiger partial charge in [0.1, 0.15) is 52.3 Å². The maximum absolute atomic E-state index is 12.0. The molecule has 13 heteroatoms. The molecular weight excluding hydrogens is 357 g/mol. The molecule has 2 aliphatic heterocycles. The maximum atomic E-state index is 12.0. The van der Waals surface area contributed by atoms with Crippen molar-refractivity contribution in [1.29, 1.82) is 0 Å². The van der Waals surface area contributed by atoms with Crippen LogP contribution in [0, 0.1) is 0 Å². The molecule has 0 aliphatic carbocycles. The smallest absolute Gasteiger partial charge is 0.268 e. The third kappa shape index (κ3) is 5.04. The Morgan fingerprint density at radius 3 is 2.08 bits per heavy atom. The van der Waals surface area contributed by atoms with E-state index in [9.17, 15) is 19.7 Å². The van der Waals surface area contributed by atoms with Crippen LogP contribution in [0.25, 0.3) is 0 Å². The number of aliphatic hydroxyl groups is 2. The lowest BCUT2D eigenvalue weighted by atomic mass is 9.93. The molecule has 2 rings (SSSR count). The minimum atomic E-state index is -4.85. The van der Waals surface area contributed by atoms with Crippen molar-refractivity contribution in [2.75, 3.05) is 27.4 Å². The Labute approximate surface area is 148 Å². The van der Waals surface area contributed by atoms with E-state index in [4.69, 9.17) is 43.7 Å². The summed E-state index contributed by atoms with van der Waals surface area (Å²) in [7, 11) is 8.90. The predicted octanol–water partition coefficient (Wildman–Crippen LogP) is -2.97. The summed E-state index contributed by atoms with van der Waals surface area (Å²) in [5, 5.41) is 19.7. The number of phosphoric ester groups is 1. The first-order valence-electron chi connectivity index (χ1n) is 7.54. The largest absolute Gasteiger partial charge is 0.756 e. The van der Waals surface area contributed by atoms with Crippen LogP contribution >= 0.6 is 7.82 Å². The first-order valence-corrected chi connectivity index (χ1v) is 9.00. The molecule has 140 valence electrons. The molecule has 2 saturated heterocycles. The summed E-state index contributed by atoms with van der Waals surface area (Å²) in [6.07, 6.45) is -6.44. The zero-order valence-electron chi connectivity index (χ0n) is 13.8. The number of hydrogen-bond donors (Lipinski definition) is 2. The molecule has 2 heterocycles. The van der Waals surface area contributed by atoms with E-state index in [1.165, 1.54) is 14.2 Å². The highest BCUT2D eigenvalue weighted by atomic mass is 31.2. The molecular formula is C12H20B2O10P-. The van der Waals surface area contributed by atoms with Gasteiger partial charge in [0.15, 0.2) is 0 Å². The fourth-order valence-electron chi connectivity index (χ4n) is 2.73. The van der Waals surface area contributed by atoms with E-state index in [1.54, 1.807) is 0 Å². The van der Waals surface area contributed by atoms with Crippen LogP contribution in [0.2, 0.25) is 0 Å². The van der Waals surface area contributed by atoms with Crippen molar-refractivity contribution in [3.05, 3.63) is 0 Å². The minimum Gasteiger partial charge on any atom is -0.756 e. The van der Waals surface area contributed by atoms with Gasteiger partial charge in [-0.05, 0) is 0 Å². The third-order valence-corrected chi connectivity index (χ3v) is 4.96. The van der Waals surface area contributed by atoms with Crippen molar-refractivity contribution >= 4 is 23.5 Å². The summed E-state index contributed by atoms with van der Waals surface area (Å²) >= 11 is 0. The van der Waals surface area contributed by atoms with E-state index in [-0.39, 0.29) is 6.61 Å². The maximum Gasteiger partial charge on any atom is 0.268 e. The predicted molar refractivity (Wildman–Crippen MR) is 81.9 cm³/mol. The summed E-state index contributed by atoms with van der Waals surface area (Å²) in [5.74, 6) is 0. The van der Waals surface area contributed by atoms with E-state index < -0.39 is 63.1 Å². The number of methoxy groups -OCH3 is 2. The number of ether oxygens (including phenoxy) is 4. The zero-order valence-corrected chi connectivity index (χ0v) is 14.7. The second kappa shape index (κ2) is 8.79. The molecule has 0 aromatic carbocycles. The van der Waals surface area contributed by atoms with Crippen LogP contribution in [-0.4, -0.2) is 102 Å². The summed E-state index contributed by atoms with van der Waals surface area (Å²) in [6.45, 7) is -0.525. The molecule has 0 aromatic rings. The van der Waals surface area contributed by atoms with Crippen molar-refractivity contribution in [2.24, 2.45) is 0 Å². The van der Waals surface area contributed by atoms with E-state index in [2.05, 4.69) is 0 Å². The number of rotatable bonds is 8. The van der Waals surface area contributed by atoms with Gasteiger partial charge in [-0.3, -0.25) is 4.57 Å². The summed E-state index contributed by atoms with van der Waals surface area (Å²) in [4.78, 5) is 12.0. The van der Waals surface area contributed by atoms with Crippen LogP contribution < -0.4 is 4.89 Å². The molecule has 25 heavy (non-hydrogen) atoms. The van der Waals surface area contributed by atoms with Crippen molar-refractivity contribution < 1.29 is 47.7 Å². The van der Waals surface area contributed by atoms with Crippen LogP contribution in [0.3, 0.4) is 0 Å². The molecule has 2 N–H and O–H groups in total. The highest BCUT2D eigenvalue weighted by Crippen LogP contribution is 2.44. The summed E-state index contributed by atoms with van der Waals surface area (Å²) in [6, 6.07) is -2.14. The van der Waals surface area contributed by atoms with E-state index in [0.717, 1.165) is 0 Å². The van der Waals surface area contributed by atoms with E-state index in [0.29, 0.717) is 0 Å². The van der Waals surface area contributed by atoms with Crippen molar-refractivity contribution in [3.8, 4) is 0 Å². The zero-order chi connectivity index (χ0) is 18.8. The second-order valence-electron chi connectivity index (χ2n) is 5.73. The number of phosphoric acid groups is 1. The van der Waals surface area contributed by atoms with Gasteiger partial charge in [0, 0.05) is 26.2 Å². The average Bonchev–Trinajstić information content (AvgIpc) is 2.97. The van der Waals surface area contributed by atoms with E-state index in [1.807, 2.05) is 0 Å². The van der Waals surface area contributed by atoms with Crippen molar-refractivity contribution in [2.45, 2.75) is 48.6 Å². The van der Waals surface area contributed by atoms with Crippen LogP contribution in [0.4, 0.5) is 0 Å². The normalized spacial score (nSPS) is 44.0. The van der Waals surface area contributed by atoms with Crippen molar-refractivity contribution in [1.82, 2.24) is 0 Å². The van der Waals surface area contributed by atoms with Gasteiger partial charge in [-0.2, -0.15) is 0 Å². The Kier molecular flexibility index (Phi) is 7.49. The Bertz CT molecular complexity index is 485.